The summed E-state index contributed by atoms with van der Waals surface area (Å²) in [4.78, 5) is 20.4. The zero-order valence-corrected chi connectivity index (χ0v) is 22.4. The van der Waals surface area contributed by atoms with Crippen LogP contribution >= 0.6 is 11.6 Å². The average molecular weight is 540 g/mol. The van der Waals surface area contributed by atoms with E-state index >= 15 is 0 Å². The summed E-state index contributed by atoms with van der Waals surface area (Å²) in [6.45, 7) is 8.08. The summed E-state index contributed by atoms with van der Waals surface area (Å²) in [6.07, 6.45) is 1.52. The molecular formula is C23H28ClF2N5O4Si. The van der Waals surface area contributed by atoms with Gasteiger partial charge < -0.3 is 19.5 Å². The third-order valence-corrected chi connectivity index (χ3v) is 6.79. The molecule has 0 saturated carbocycles. The van der Waals surface area contributed by atoms with Crippen molar-refractivity contribution in [2.75, 3.05) is 19.0 Å². The maximum atomic E-state index is 14.3. The van der Waals surface area contributed by atoms with Gasteiger partial charge in [0, 0.05) is 21.6 Å². The first-order valence-electron chi connectivity index (χ1n) is 11.1. The molecule has 0 unspecified atom stereocenters. The molecule has 0 bridgehead atoms. The summed E-state index contributed by atoms with van der Waals surface area (Å²) in [5.74, 6) is -5.59. The summed E-state index contributed by atoms with van der Waals surface area (Å²) in [5, 5.41) is 6.99. The summed E-state index contributed by atoms with van der Waals surface area (Å²) >= 11 is 6.26. The first-order valence-corrected chi connectivity index (χ1v) is 15.1. The second-order valence-electron chi connectivity index (χ2n) is 9.22. The topological polar surface area (TPSA) is 100 Å². The van der Waals surface area contributed by atoms with E-state index < -0.39 is 31.7 Å². The van der Waals surface area contributed by atoms with Crippen LogP contribution in [0, 0.1) is 0 Å². The standard InChI is InChI=1S/C23H28ClF2N5O4Si/c1-23(25,26)22-28-19(17(21(32)33-2)20(29-22)35-15-9-7-6-8-10-15)27-16-13-31(30-18(16)24)14-34-11-12-36(3,4)5/h6-10,13H,11-12,14H2,1-5H3,(H,27,28,29). The van der Waals surface area contributed by atoms with Gasteiger partial charge in [0.05, 0.1) is 19.0 Å². The van der Waals surface area contributed by atoms with E-state index in [1.807, 2.05) is 0 Å². The normalized spacial score (nSPS) is 11.9. The molecule has 9 nitrogen and oxygen atoms in total. The van der Waals surface area contributed by atoms with Crippen LogP contribution < -0.4 is 10.1 Å². The Balaban J connectivity index is 1.96. The molecule has 2 heterocycles. The number of anilines is 2. The van der Waals surface area contributed by atoms with Crippen molar-refractivity contribution in [2.24, 2.45) is 0 Å². The van der Waals surface area contributed by atoms with Gasteiger partial charge in [-0.25, -0.2) is 14.5 Å². The first-order chi connectivity index (χ1) is 16.9. The molecule has 0 atom stereocenters. The second-order valence-corrected chi connectivity index (χ2v) is 15.2. The predicted octanol–water partition coefficient (Wildman–Crippen LogP) is 6.07. The number of benzene rings is 1. The maximum absolute atomic E-state index is 14.3. The third kappa shape index (κ3) is 7.45. The summed E-state index contributed by atoms with van der Waals surface area (Å²) in [7, 11) is -0.109. The molecule has 1 aromatic carbocycles. The van der Waals surface area contributed by atoms with Crippen LogP contribution in [0.4, 0.5) is 20.3 Å². The Kier molecular flexibility index (Phi) is 8.64. The van der Waals surface area contributed by atoms with Gasteiger partial charge in [-0.1, -0.05) is 49.4 Å². The molecule has 3 rings (SSSR count). The third-order valence-electron chi connectivity index (χ3n) is 4.81. The van der Waals surface area contributed by atoms with Gasteiger partial charge in [0.1, 0.15) is 12.5 Å². The van der Waals surface area contributed by atoms with Crippen molar-refractivity contribution in [3.05, 3.63) is 53.1 Å². The highest BCUT2D eigenvalue weighted by atomic mass is 35.5. The minimum atomic E-state index is -3.43. The molecule has 0 aliphatic carbocycles. The lowest BCUT2D eigenvalue weighted by molar-refractivity contribution is 0.00715. The Morgan fingerprint density at radius 2 is 1.89 bits per heavy atom. The molecular weight excluding hydrogens is 512 g/mol. The van der Waals surface area contributed by atoms with Crippen molar-refractivity contribution in [1.29, 1.82) is 0 Å². The molecule has 1 N–H and O–H groups in total. The number of aromatic nitrogens is 4. The van der Waals surface area contributed by atoms with Crippen LogP contribution in [0.5, 0.6) is 11.6 Å². The van der Waals surface area contributed by atoms with Crippen molar-refractivity contribution < 1.29 is 27.8 Å². The Bertz CT molecular complexity index is 1200. The maximum Gasteiger partial charge on any atom is 0.347 e. The van der Waals surface area contributed by atoms with E-state index in [-0.39, 0.29) is 34.7 Å². The lowest BCUT2D eigenvalue weighted by Crippen LogP contribution is -2.22. The van der Waals surface area contributed by atoms with Crippen LogP contribution in [-0.2, 0) is 22.1 Å². The number of carbonyl (C=O) groups is 1. The molecule has 3 aromatic rings. The van der Waals surface area contributed by atoms with Crippen LogP contribution in [0.3, 0.4) is 0 Å². The molecule has 2 aromatic heterocycles. The largest absolute Gasteiger partial charge is 0.465 e. The number of para-hydroxylation sites is 1. The zero-order chi connectivity index (χ0) is 26.5. The number of ether oxygens (including phenoxy) is 3. The number of rotatable bonds is 11. The monoisotopic (exact) mass is 539 g/mol. The van der Waals surface area contributed by atoms with Gasteiger partial charge in [-0.3, -0.25) is 0 Å². The molecule has 0 aliphatic rings. The van der Waals surface area contributed by atoms with Crippen molar-refractivity contribution in [2.45, 2.75) is 45.3 Å². The van der Waals surface area contributed by atoms with Crippen LogP contribution in [0.15, 0.2) is 36.5 Å². The fourth-order valence-electron chi connectivity index (χ4n) is 2.90. The quantitative estimate of drug-likeness (QED) is 0.178. The molecule has 0 saturated heterocycles. The number of hydrogen-bond donors (Lipinski definition) is 1. The van der Waals surface area contributed by atoms with Crippen LogP contribution in [0.1, 0.15) is 23.1 Å². The second kappa shape index (κ2) is 11.3. The summed E-state index contributed by atoms with van der Waals surface area (Å²) in [5.41, 5.74) is -0.0742. The number of alkyl halides is 2. The Hall–Kier alpha value is -3.09. The van der Waals surface area contributed by atoms with Crippen molar-refractivity contribution in [3.8, 4) is 11.6 Å². The molecule has 36 heavy (non-hydrogen) atoms. The van der Waals surface area contributed by atoms with Gasteiger partial charge in [-0.15, -0.1) is 0 Å². The molecule has 13 heteroatoms. The highest BCUT2D eigenvalue weighted by Gasteiger charge is 2.34. The average Bonchev–Trinajstić information content (AvgIpc) is 3.14. The van der Waals surface area contributed by atoms with E-state index in [4.69, 9.17) is 25.8 Å². The summed E-state index contributed by atoms with van der Waals surface area (Å²) in [6, 6.07) is 9.27. The van der Waals surface area contributed by atoms with Gasteiger partial charge in [0.15, 0.2) is 16.5 Å². The number of nitrogens with one attached hydrogen (secondary N) is 1. The first kappa shape index (κ1) is 27.5. The van der Waals surface area contributed by atoms with Gasteiger partial charge >= 0.3 is 11.9 Å². The smallest absolute Gasteiger partial charge is 0.347 e. The molecule has 0 fully saturated rings. The van der Waals surface area contributed by atoms with E-state index in [1.54, 1.807) is 30.3 Å². The van der Waals surface area contributed by atoms with Crippen LogP contribution in [0.25, 0.3) is 0 Å². The fourth-order valence-corrected chi connectivity index (χ4v) is 3.85. The lowest BCUT2D eigenvalue weighted by atomic mass is 10.2. The number of nitrogens with zero attached hydrogens (tertiary/aromatic N) is 4. The molecule has 0 spiro atoms. The lowest BCUT2D eigenvalue weighted by Gasteiger charge is -2.17. The highest BCUT2D eigenvalue weighted by molar-refractivity contribution is 6.76. The molecule has 0 amide bonds. The summed E-state index contributed by atoms with van der Waals surface area (Å²) < 4.78 is 46.2. The number of hydrogen-bond acceptors (Lipinski definition) is 8. The fraction of sp³-hybridized carbons (Fsp3) is 0.391. The van der Waals surface area contributed by atoms with E-state index in [0.29, 0.717) is 13.5 Å². The van der Waals surface area contributed by atoms with E-state index in [1.165, 1.54) is 10.9 Å². The Morgan fingerprint density at radius 1 is 1.19 bits per heavy atom. The van der Waals surface area contributed by atoms with E-state index in [2.05, 4.69) is 40.0 Å². The van der Waals surface area contributed by atoms with Gasteiger partial charge in [-0.2, -0.15) is 18.9 Å². The van der Waals surface area contributed by atoms with Crippen molar-refractivity contribution in [1.82, 2.24) is 19.7 Å². The van der Waals surface area contributed by atoms with Crippen LogP contribution in [0.2, 0.25) is 30.8 Å². The van der Waals surface area contributed by atoms with Crippen molar-refractivity contribution >= 4 is 37.1 Å². The number of halogens is 3. The minimum Gasteiger partial charge on any atom is -0.465 e. The van der Waals surface area contributed by atoms with E-state index in [9.17, 15) is 13.6 Å². The zero-order valence-electron chi connectivity index (χ0n) is 20.6. The minimum absolute atomic E-state index is 0.0218. The highest BCUT2D eigenvalue weighted by Crippen LogP contribution is 2.35. The molecule has 194 valence electrons. The van der Waals surface area contributed by atoms with E-state index in [0.717, 1.165) is 13.2 Å². The number of carbonyl (C=O) groups excluding carboxylic acids is 1. The Morgan fingerprint density at radius 3 is 2.50 bits per heavy atom. The molecule has 0 aliphatic heterocycles. The number of esters is 1. The van der Waals surface area contributed by atoms with Gasteiger partial charge in [-0.05, 0) is 18.2 Å². The van der Waals surface area contributed by atoms with Crippen LogP contribution in [-0.4, -0.2) is 47.5 Å². The van der Waals surface area contributed by atoms with Gasteiger partial charge in [0.25, 0.3) is 0 Å². The number of methoxy groups -OCH3 is 1. The molecule has 0 radical (unpaired) electrons. The Labute approximate surface area is 213 Å². The SMILES string of the molecule is COC(=O)c1c(Nc2cn(COCC[Si](C)(C)C)nc2Cl)nc(C(C)(F)F)nc1Oc1ccccc1. The van der Waals surface area contributed by atoms with Crippen molar-refractivity contribution in [3.63, 3.8) is 0 Å². The predicted molar refractivity (Wildman–Crippen MR) is 134 cm³/mol. The van der Waals surface area contributed by atoms with Gasteiger partial charge in [0.2, 0.25) is 11.7 Å².